The van der Waals surface area contributed by atoms with E-state index in [9.17, 15) is 0 Å². The van der Waals surface area contributed by atoms with Crippen molar-refractivity contribution in [1.82, 2.24) is 0 Å². The Balaban J connectivity index is 0.00000158. The van der Waals surface area contributed by atoms with Crippen molar-refractivity contribution in [2.24, 2.45) is 0 Å². The molecule has 150 valence electrons. The summed E-state index contributed by atoms with van der Waals surface area (Å²) in [6.07, 6.45) is 0. The molecule has 0 saturated heterocycles. The fourth-order valence-corrected chi connectivity index (χ4v) is 11.5. The van der Waals surface area contributed by atoms with Gasteiger partial charge in [0.1, 0.15) is 0 Å². The maximum atomic E-state index is 5.32. The second-order valence-corrected chi connectivity index (χ2v) is 17.9. The van der Waals surface area contributed by atoms with Crippen molar-refractivity contribution < 1.29 is 26.2 Å². The minimum Gasteiger partial charge on any atom is -0.669 e. The maximum Gasteiger partial charge on any atom is 4.00 e. The third-order valence-electron chi connectivity index (χ3n) is 5.14. The van der Waals surface area contributed by atoms with Crippen molar-refractivity contribution in [3.8, 4) is 0 Å². The van der Waals surface area contributed by atoms with Gasteiger partial charge in [0.2, 0.25) is 0 Å². The Morgan fingerprint density at radius 2 is 1.22 bits per heavy atom. The molecule has 6 heteroatoms. The van der Waals surface area contributed by atoms with Crippen molar-refractivity contribution in [3.05, 3.63) is 56.6 Å². The zero-order chi connectivity index (χ0) is 20.3. The SMILES string of the molecule is C[N-]C.C[N-][Si](C)(C)C1c2ccccc2C([Si](C)(C)[N-]C(C)(C)C)[C-]1C.[Zr+4]. The van der Waals surface area contributed by atoms with Crippen LogP contribution in [-0.2, 0) is 26.2 Å². The van der Waals surface area contributed by atoms with Gasteiger partial charge in [0.15, 0.2) is 0 Å². The van der Waals surface area contributed by atoms with Gasteiger partial charge in [0.25, 0.3) is 0 Å². The van der Waals surface area contributed by atoms with Gasteiger partial charge in [0.05, 0.1) is 0 Å². The third kappa shape index (κ3) is 6.72. The minimum atomic E-state index is -1.78. The molecule has 0 bridgehead atoms. The van der Waals surface area contributed by atoms with E-state index in [1.165, 1.54) is 11.1 Å². The second-order valence-electron chi connectivity index (χ2n) is 9.50. The summed E-state index contributed by atoms with van der Waals surface area (Å²) in [5.41, 5.74) is 4.16. The van der Waals surface area contributed by atoms with E-state index in [0.29, 0.717) is 11.1 Å². The first-order valence-electron chi connectivity index (χ1n) is 9.57. The molecule has 0 radical (unpaired) electrons. The Hall–Kier alpha value is 0.417. The predicted octanol–water partition coefficient (Wildman–Crippen LogP) is 6.74. The summed E-state index contributed by atoms with van der Waals surface area (Å²) in [5, 5.41) is 3.50. The van der Waals surface area contributed by atoms with Crippen LogP contribution in [0.4, 0.5) is 0 Å². The van der Waals surface area contributed by atoms with E-state index in [1.54, 1.807) is 20.0 Å². The van der Waals surface area contributed by atoms with Crippen molar-refractivity contribution in [1.29, 1.82) is 0 Å². The number of rotatable bonds is 4. The van der Waals surface area contributed by atoms with Gasteiger partial charge in [0, 0.05) is 0 Å². The average Bonchev–Trinajstić information content (AvgIpc) is 2.78. The summed E-state index contributed by atoms with van der Waals surface area (Å²) in [5.74, 6) is 1.62. The van der Waals surface area contributed by atoms with E-state index < -0.39 is 16.5 Å². The van der Waals surface area contributed by atoms with Gasteiger partial charge in [-0.3, -0.25) is 0 Å². The first kappa shape index (κ1) is 27.4. The Morgan fingerprint density at radius 1 is 0.852 bits per heavy atom. The number of hydrogen-bond acceptors (Lipinski definition) is 0. The molecule has 1 aromatic carbocycles. The van der Waals surface area contributed by atoms with Gasteiger partial charge in [-0.2, -0.15) is 39.1 Å². The average molecular weight is 481 g/mol. The Morgan fingerprint density at radius 3 is 1.56 bits per heavy atom. The molecule has 27 heavy (non-hydrogen) atoms. The van der Waals surface area contributed by atoms with Crippen LogP contribution < -0.4 is 0 Å². The molecular weight excluding hydrogens is 442 g/mol. The molecule has 0 aliphatic heterocycles. The zero-order valence-electron chi connectivity index (χ0n) is 19.3. The van der Waals surface area contributed by atoms with Gasteiger partial charge in [-0.25, -0.2) is 0 Å². The Bertz CT molecular complexity index is 585. The molecule has 1 aliphatic carbocycles. The molecule has 3 nitrogen and oxygen atoms in total. The van der Waals surface area contributed by atoms with E-state index in [4.69, 9.17) is 9.96 Å². The van der Waals surface area contributed by atoms with Crippen LogP contribution in [0.3, 0.4) is 0 Å². The van der Waals surface area contributed by atoms with Gasteiger partial charge in [-0.15, -0.1) is 5.54 Å². The largest absolute Gasteiger partial charge is 4.00 e. The molecular formula is C21H39N3Si2Zr. The molecule has 0 spiro atoms. The molecule has 2 rings (SSSR count). The molecule has 0 amide bonds. The maximum absolute atomic E-state index is 5.32. The standard InChI is InChI=1S/C19H33N2Si2.C2H6N.Zr/c1-14-17(22(6,7)20-5)15-12-10-11-13-16(15)18(14)23(8,9)21-19(2,3)4;1-3-2;/h10-13,17-18H,1-9H3;1-2H3;/q-3;-1;+4. The number of fused-ring (bicyclic) bond motifs is 1. The molecule has 0 heterocycles. The fourth-order valence-electron chi connectivity index (χ4n) is 4.63. The van der Waals surface area contributed by atoms with E-state index in [1.807, 2.05) is 7.05 Å². The van der Waals surface area contributed by atoms with Crippen molar-refractivity contribution >= 4 is 16.5 Å². The molecule has 1 aliphatic rings. The number of nitrogens with zero attached hydrogens (tertiary/aromatic N) is 3. The monoisotopic (exact) mass is 479 g/mol. The van der Waals surface area contributed by atoms with Crippen LogP contribution >= 0.6 is 0 Å². The first-order chi connectivity index (χ1) is 11.8. The third-order valence-corrected chi connectivity index (χ3v) is 11.9. The van der Waals surface area contributed by atoms with Crippen LogP contribution in [0.25, 0.3) is 15.3 Å². The van der Waals surface area contributed by atoms with Crippen molar-refractivity contribution in [2.75, 3.05) is 21.1 Å². The topological polar surface area (TPSA) is 42.3 Å². The van der Waals surface area contributed by atoms with Crippen LogP contribution in [0.15, 0.2) is 24.3 Å². The molecule has 0 fully saturated rings. The van der Waals surface area contributed by atoms with Crippen molar-refractivity contribution in [2.45, 2.75) is 70.5 Å². The van der Waals surface area contributed by atoms with E-state index in [0.717, 1.165) is 0 Å². The van der Waals surface area contributed by atoms with E-state index >= 15 is 0 Å². The van der Waals surface area contributed by atoms with Gasteiger partial charge >= 0.3 is 26.2 Å². The van der Waals surface area contributed by atoms with Gasteiger partial charge in [-0.1, -0.05) is 98.8 Å². The molecule has 1 aromatic rings. The summed E-state index contributed by atoms with van der Waals surface area (Å²) in [6, 6.07) is 9.07. The van der Waals surface area contributed by atoms with E-state index in [-0.39, 0.29) is 31.7 Å². The Kier molecular flexibility index (Phi) is 10.6. The van der Waals surface area contributed by atoms with Crippen LogP contribution in [0, 0.1) is 5.92 Å². The zero-order valence-corrected chi connectivity index (χ0v) is 23.8. The smallest absolute Gasteiger partial charge is 0.669 e. The van der Waals surface area contributed by atoms with Crippen LogP contribution in [0.5, 0.6) is 0 Å². The van der Waals surface area contributed by atoms with Gasteiger partial charge in [-0.05, 0) is 0 Å². The number of benzene rings is 1. The molecule has 0 saturated carbocycles. The van der Waals surface area contributed by atoms with Crippen molar-refractivity contribution in [3.63, 3.8) is 0 Å². The summed E-state index contributed by atoms with van der Waals surface area (Å²) >= 11 is 0. The predicted molar refractivity (Wildman–Crippen MR) is 123 cm³/mol. The summed E-state index contributed by atoms with van der Waals surface area (Å²) in [4.78, 5) is 10.2. The summed E-state index contributed by atoms with van der Waals surface area (Å²) < 4.78 is 0. The molecule has 0 aromatic heterocycles. The first-order valence-corrected chi connectivity index (χ1v) is 15.6. The van der Waals surface area contributed by atoms with Crippen LogP contribution in [0.2, 0.25) is 26.2 Å². The Labute approximate surface area is 190 Å². The molecule has 2 atom stereocenters. The van der Waals surface area contributed by atoms with Gasteiger partial charge < -0.3 is 21.2 Å². The molecule has 0 N–H and O–H groups in total. The quantitative estimate of drug-likeness (QED) is 0.338. The van der Waals surface area contributed by atoms with E-state index in [2.05, 4.69) is 83.5 Å². The summed E-state index contributed by atoms with van der Waals surface area (Å²) in [7, 11) is 2.06. The minimum absolute atomic E-state index is 0. The fraction of sp³-hybridized carbons (Fsp3) is 0.667. The second kappa shape index (κ2) is 10.4. The van der Waals surface area contributed by atoms with Crippen LogP contribution in [0.1, 0.15) is 49.9 Å². The molecule has 2 unspecified atom stereocenters. The number of hydrogen-bond donors (Lipinski definition) is 0. The summed E-state index contributed by atoms with van der Waals surface area (Å²) in [6.45, 7) is 18.7. The normalized spacial score (nSPS) is 20.4. The van der Waals surface area contributed by atoms with Crippen LogP contribution in [-0.4, -0.2) is 43.2 Å².